The minimum atomic E-state index is -4.43. The molecule has 30 heavy (non-hydrogen) atoms. The molecule has 7 nitrogen and oxygen atoms in total. The fourth-order valence-electron chi connectivity index (χ4n) is 3.48. The van der Waals surface area contributed by atoms with E-state index in [2.05, 4.69) is 15.1 Å². The maximum atomic E-state index is 12.8. The zero-order valence-corrected chi connectivity index (χ0v) is 15.9. The van der Waals surface area contributed by atoms with E-state index in [9.17, 15) is 23.1 Å². The van der Waals surface area contributed by atoms with E-state index < -0.39 is 23.1 Å². The number of rotatable bonds is 4. The van der Waals surface area contributed by atoms with Gasteiger partial charge >= 0.3 is 12.1 Å². The lowest BCUT2D eigenvalue weighted by atomic mass is 9.85. The molecule has 0 aliphatic heterocycles. The number of benzene rings is 1. The number of hydrogen-bond donors (Lipinski definition) is 1. The number of nitrogens with zero attached hydrogens (tertiary/aromatic N) is 5. The van der Waals surface area contributed by atoms with Crippen LogP contribution in [-0.2, 0) is 23.4 Å². The average molecular weight is 415 g/mol. The van der Waals surface area contributed by atoms with Crippen LogP contribution in [0.4, 0.5) is 13.2 Å². The molecule has 154 valence electrons. The number of fused-ring (bicyclic) bond motifs is 1. The summed E-state index contributed by atoms with van der Waals surface area (Å²) in [5.41, 5.74) is -0.691. The van der Waals surface area contributed by atoms with Crippen LogP contribution in [0.25, 0.3) is 16.8 Å². The van der Waals surface area contributed by atoms with Crippen molar-refractivity contribution in [3.63, 3.8) is 0 Å². The van der Waals surface area contributed by atoms with Crippen LogP contribution < -0.4 is 0 Å². The summed E-state index contributed by atoms with van der Waals surface area (Å²) in [5.74, 6) is -0.829. The van der Waals surface area contributed by atoms with Gasteiger partial charge in [0.25, 0.3) is 0 Å². The first-order chi connectivity index (χ1) is 14.1. The van der Waals surface area contributed by atoms with Gasteiger partial charge in [-0.25, -0.2) is 14.5 Å². The predicted octanol–water partition coefficient (Wildman–Crippen LogP) is 3.54. The molecular weight excluding hydrogens is 399 g/mol. The molecule has 0 saturated heterocycles. The van der Waals surface area contributed by atoms with E-state index in [1.807, 2.05) is 0 Å². The fraction of sp³-hybridized carbons (Fsp3) is 0.200. The highest BCUT2D eigenvalue weighted by Gasteiger charge is 2.43. The zero-order chi connectivity index (χ0) is 21.7. The number of aryl methyl sites for hydroxylation is 1. The van der Waals surface area contributed by atoms with E-state index in [4.69, 9.17) is 0 Å². The number of halogens is 3. The zero-order valence-electron chi connectivity index (χ0n) is 15.9. The van der Waals surface area contributed by atoms with Gasteiger partial charge in [0.2, 0.25) is 0 Å². The number of carboxylic acid groups (broad SMARTS) is 1. The first-order valence-electron chi connectivity index (χ1n) is 8.86. The number of aromatic nitrogens is 5. The Balaban J connectivity index is 1.89. The van der Waals surface area contributed by atoms with Crippen molar-refractivity contribution in [1.82, 2.24) is 24.1 Å². The maximum absolute atomic E-state index is 12.8. The molecule has 0 bridgehead atoms. The molecule has 3 aromatic heterocycles. The third-order valence-corrected chi connectivity index (χ3v) is 5.13. The summed E-state index contributed by atoms with van der Waals surface area (Å²) in [6.45, 7) is 1.52. The summed E-state index contributed by atoms with van der Waals surface area (Å²) in [4.78, 5) is 20.8. The molecule has 4 rings (SSSR count). The standard InChI is InChI=1S/C20H16F3N5O2/c1-19(18(29)30,17-25-9-10-27(17)2)15-7-8-24-16-14(11-26-28(15)16)12-3-5-13(6-4-12)20(21,22)23/h3-11H,1-2H3,(H,29,30). The van der Waals surface area contributed by atoms with Crippen molar-refractivity contribution < 1.29 is 23.1 Å². The molecule has 0 spiro atoms. The van der Waals surface area contributed by atoms with Crippen molar-refractivity contribution in [2.75, 3.05) is 0 Å². The Morgan fingerprint density at radius 2 is 1.77 bits per heavy atom. The van der Waals surface area contributed by atoms with Crippen LogP contribution in [0.15, 0.2) is 55.1 Å². The lowest BCUT2D eigenvalue weighted by molar-refractivity contribution is -0.142. The van der Waals surface area contributed by atoms with E-state index in [-0.39, 0.29) is 0 Å². The number of aliphatic carboxylic acids is 1. The Labute approximate surface area is 168 Å². The second-order valence-corrected chi connectivity index (χ2v) is 6.99. The van der Waals surface area contributed by atoms with E-state index in [0.717, 1.165) is 12.1 Å². The minimum Gasteiger partial charge on any atom is -0.480 e. The maximum Gasteiger partial charge on any atom is 0.416 e. The molecule has 0 radical (unpaired) electrons. The van der Waals surface area contributed by atoms with Crippen molar-refractivity contribution in [3.8, 4) is 11.1 Å². The van der Waals surface area contributed by atoms with Crippen molar-refractivity contribution in [2.24, 2.45) is 7.05 Å². The lowest BCUT2D eigenvalue weighted by Crippen LogP contribution is -2.38. The van der Waals surface area contributed by atoms with Gasteiger partial charge in [-0.2, -0.15) is 18.3 Å². The van der Waals surface area contributed by atoms with Crippen LogP contribution in [0.5, 0.6) is 0 Å². The SMILES string of the molecule is Cn1ccnc1C(C)(C(=O)O)c1ccnc2c(-c3ccc(C(F)(F)F)cc3)cnn12. The van der Waals surface area contributed by atoms with Crippen LogP contribution in [0.3, 0.4) is 0 Å². The van der Waals surface area contributed by atoms with Crippen LogP contribution in [0.2, 0.25) is 0 Å². The van der Waals surface area contributed by atoms with Crippen molar-refractivity contribution in [2.45, 2.75) is 18.5 Å². The quantitative estimate of drug-likeness (QED) is 0.551. The molecule has 1 atom stereocenters. The Kier molecular flexibility index (Phi) is 4.37. The first kappa shape index (κ1) is 19.6. The van der Waals surface area contributed by atoms with Gasteiger partial charge in [-0.15, -0.1) is 0 Å². The summed E-state index contributed by atoms with van der Waals surface area (Å²) >= 11 is 0. The van der Waals surface area contributed by atoms with Gasteiger partial charge in [0, 0.05) is 31.2 Å². The highest BCUT2D eigenvalue weighted by atomic mass is 19.4. The molecule has 0 amide bonds. The summed E-state index contributed by atoms with van der Waals surface area (Å²) in [6, 6.07) is 6.18. The Morgan fingerprint density at radius 3 is 2.33 bits per heavy atom. The number of imidazole rings is 1. The van der Waals surface area contributed by atoms with Gasteiger partial charge in [-0.05, 0) is 30.7 Å². The molecule has 0 fully saturated rings. The van der Waals surface area contributed by atoms with Crippen molar-refractivity contribution in [3.05, 3.63) is 72.2 Å². The Morgan fingerprint density at radius 1 is 1.07 bits per heavy atom. The van der Waals surface area contributed by atoms with Gasteiger partial charge in [0.15, 0.2) is 11.1 Å². The minimum absolute atomic E-state index is 0.300. The summed E-state index contributed by atoms with van der Waals surface area (Å²) in [5, 5.41) is 14.3. The highest BCUT2D eigenvalue weighted by Crippen LogP contribution is 2.34. The van der Waals surface area contributed by atoms with E-state index in [0.29, 0.717) is 28.3 Å². The number of alkyl halides is 3. The van der Waals surface area contributed by atoms with Crippen LogP contribution in [0, 0.1) is 0 Å². The molecule has 1 N–H and O–H groups in total. The van der Waals surface area contributed by atoms with E-state index in [1.165, 1.54) is 42.2 Å². The van der Waals surface area contributed by atoms with Gasteiger partial charge in [0.1, 0.15) is 5.82 Å². The van der Waals surface area contributed by atoms with Gasteiger partial charge in [-0.3, -0.25) is 4.79 Å². The molecular formula is C20H16F3N5O2. The van der Waals surface area contributed by atoms with Gasteiger partial charge in [-0.1, -0.05) is 12.1 Å². The normalized spacial score (nSPS) is 14.0. The number of carbonyl (C=O) groups is 1. The largest absolute Gasteiger partial charge is 0.480 e. The van der Waals surface area contributed by atoms with E-state index >= 15 is 0 Å². The topological polar surface area (TPSA) is 85.3 Å². The fourth-order valence-corrected chi connectivity index (χ4v) is 3.48. The van der Waals surface area contributed by atoms with Crippen molar-refractivity contribution in [1.29, 1.82) is 0 Å². The highest BCUT2D eigenvalue weighted by molar-refractivity contribution is 5.85. The number of hydrogen-bond acceptors (Lipinski definition) is 4. The smallest absolute Gasteiger partial charge is 0.416 e. The molecule has 1 unspecified atom stereocenters. The van der Waals surface area contributed by atoms with Gasteiger partial charge in [0.05, 0.1) is 17.5 Å². The third-order valence-electron chi connectivity index (χ3n) is 5.13. The molecule has 3 heterocycles. The molecule has 0 aliphatic rings. The number of carboxylic acids is 1. The second-order valence-electron chi connectivity index (χ2n) is 6.99. The third kappa shape index (κ3) is 2.92. The predicted molar refractivity (Wildman–Crippen MR) is 101 cm³/mol. The monoisotopic (exact) mass is 415 g/mol. The first-order valence-corrected chi connectivity index (χ1v) is 8.86. The molecule has 10 heteroatoms. The second kappa shape index (κ2) is 6.68. The Hall–Kier alpha value is -3.69. The molecule has 0 aliphatic carbocycles. The molecule has 4 aromatic rings. The van der Waals surface area contributed by atoms with E-state index in [1.54, 1.807) is 23.9 Å². The Bertz CT molecular complexity index is 1240. The lowest BCUT2D eigenvalue weighted by Gasteiger charge is -2.25. The average Bonchev–Trinajstić information content (AvgIpc) is 3.33. The van der Waals surface area contributed by atoms with Crippen molar-refractivity contribution >= 4 is 11.6 Å². The van der Waals surface area contributed by atoms with Crippen LogP contribution in [-0.4, -0.2) is 35.2 Å². The summed E-state index contributed by atoms with van der Waals surface area (Å²) < 4.78 is 41.5. The van der Waals surface area contributed by atoms with Crippen LogP contribution >= 0.6 is 0 Å². The van der Waals surface area contributed by atoms with Crippen LogP contribution in [0.1, 0.15) is 24.0 Å². The van der Waals surface area contributed by atoms with Gasteiger partial charge < -0.3 is 9.67 Å². The molecule has 0 saturated carbocycles. The summed E-state index contributed by atoms with van der Waals surface area (Å²) in [6.07, 6.45) is 1.62. The molecule has 1 aromatic carbocycles. The summed E-state index contributed by atoms with van der Waals surface area (Å²) in [7, 11) is 1.69.